The first-order valence-electron chi connectivity index (χ1n) is 5.88. The minimum Gasteiger partial charge on any atom is -0.444 e. The van der Waals surface area contributed by atoms with E-state index in [2.05, 4.69) is 0 Å². The molecule has 1 atom stereocenters. The molecule has 1 fully saturated rings. The molecule has 96 valence electrons. The lowest BCUT2D eigenvalue weighted by Crippen LogP contribution is -2.42. The topological polar surface area (TPSA) is 46.6 Å². The van der Waals surface area contributed by atoms with Crippen LogP contribution in [0.4, 0.5) is 4.79 Å². The molecule has 0 aromatic heterocycles. The summed E-state index contributed by atoms with van der Waals surface area (Å²) < 4.78 is 5.30. The zero-order chi connectivity index (χ0) is 13.2. The zero-order valence-electron chi connectivity index (χ0n) is 11.2. The van der Waals surface area contributed by atoms with Crippen molar-refractivity contribution in [2.45, 2.75) is 52.7 Å². The van der Waals surface area contributed by atoms with Crippen LogP contribution < -0.4 is 0 Å². The number of Topliss-reactive ketones (excluding diaryl/α,β-unsaturated/α-hetero) is 1. The highest BCUT2D eigenvalue weighted by molar-refractivity contribution is 5.87. The highest BCUT2D eigenvalue weighted by Crippen LogP contribution is 2.25. The molecule has 1 aliphatic heterocycles. The molecule has 0 radical (unpaired) electrons. The van der Waals surface area contributed by atoms with Crippen molar-refractivity contribution in [2.75, 3.05) is 6.54 Å². The maximum absolute atomic E-state index is 12.0. The Morgan fingerprint density at radius 3 is 2.41 bits per heavy atom. The van der Waals surface area contributed by atoms with E-state index < -0.39 is 11.7 Å². The lowest BCUT2D eigenvalue weighted by molar-refractivity contribution is -0.121. The molecule has 1 aliphatic rings. The predicted octanol–water partition coefficient (Wildman–Crippen LogP) is 2.53. The van der Waals surface area contributed by atoms with Gasteiger partial charge in [0.25, 0.3) is 0 Å². The lowest BCUT2D eigenvalue weighted by Gasteiger charge is -2.27. The van der Waals surface area contributed by atoms with E-state index in [1.165, 1.54) is 11.8 Å². The van der Waals surface area contributed by atoms with Crippen LogP contribution in [0.25, 0.3) is 0 Å². The third-order valence-electron chi connectivity index (χ3n) is 2.71. The van der Waals surface area contributed by atoms with Crippen molar-refractivity contribution < 1.29 is 14.3 Å². The predicted molar refractivity (Wildman–Crippen MR) is 65.8 cm³/mol. The van der Waals surface area contributed by atoms with Gasteiger partial charge in [-0.2, -0.15) is 0 Å². The average Bonchev–Trinajstić information content (AvgIpc) is 2.58. The van der Waals surface area contributed by atoms with Crippen LogP contribution in [-0.4, -0.2) is 35.0 Å². The maximum Gasteiger partial charge on any atom is 0.411 e. The van der Waals surface area contributed by atoms with Crippen LogP contribution in [0.2, 0.25) is 0 Å². The molecule has 0 aliphatic carbocycles. The number of hydrogen-bond donors (Lipinski definition) is 0. The van der Waals surface area contributed by atoms with Crippen molar-refractivity contribution >= 4 is 11.9 Å². The van der Waals surface area contributed by atoms with Crippen molar-refractivity contribution in [3.8, 4) is 0 Å². The molecule has 4 nitrogen and oxygen atoms in total. The second-order valence-corrected chi connectivity index (χ2v) is 5.39. The van der Waals surface area contributed by atoms with Gasteiger partial charge in [0.1, 0.15) is 5.60 Å². The number of rotatable bonds is 1. The van der Waals surface area contributed by atoms with Crippen LogP contribution in [0.15, 0.2) is 11.6 Å². The molecule has 0 aromatic rings. The van der Waals surface area contributed by atoms with Crippen molar-refractivity contribution in [3.05, 3.63) is 11.6 Å². The van der Waals surface area contributed by atoms with Crippen LogP contribution in [0, 0.1) is 0 Å². The van der Waals surface area contributed by atoms with E-state index in [0.717, 1.165) is 5.57 Å². The van der Waals surface area contributed by atoms with Gasteiger partial charge in [-0.05, 0) is 41.0 Å². The number of hydrogen-bond acceptors (Lipinski definition) is 3. The van der Waals surface area contributed by atoms with E-state index in [-0.39, 0.29) is 11.8 Å². The van der Waals surface area contributed by atoms with Crippen LogP contribution in [0.3, 0.4) is 0 Å². The fraction of sp³-hybridized carbons (Fsp3) is 0.692. The van der Waals surface area contributed by atoms with E-state index in [0.29, 0.717) is 13.0 Å². The first kappa shape index (κ1) is 13.7. The second-order valence-electron chi connectivity index (χ2n) is 5.39. The molecule has 0 aromatic carbocycles. The number of nitrogens with zero attached hydrogens (tertiary/aromatic N) is 1. The number of carbonyl (C=O) groups excluding carboxylic acids is 2. The Morgan fingerprint density at radius 1 is 1.41 bits per heavy atom. The summed E-state index contributed by atoms with van der Waals surface area (Å²) in [4.78, 5) is 25.0. The van der Waals surface area contributed by atoms with Gasteiger partial charge in [0.15, 0.2) is 5.78 Å². The summed E-state index contributed by atoms with van der Waals surface area (Å²) in [5.74, 6) is 0.00714. The van der Waals surface area contributed by atoms with Crippen molar-refractivity contribution in [1.29, 1.82) is 0 Å². The molecule has 4 heteroatoms. The number of ketones is 1. The highest BCUT2D eigenvalue weighted by Gasteiger charge is 2.36. The molecule has 17 heavy (non-hydrogen) atoms. The number of likely N-dealkylation sites (tertiary alicyclic amines) is 1. The number of carbonyl (C=O) groups is 2. The van der Waals surface area contributed by atoms with E-state index in [1.807, 2.05) is 33.8 Å². The number of ether oxygens (including phenoxy) is 1. The van der Waals surface area contributed by atoms with Crippen LogP contribution >= 0.6 is 0 Å². The van der Waals surface area contributed by atoms with Gasteiger partial charge in [0.2, 0.25) is 0 Å². The summed E-state index contributed by atoms with van der Waals surface area (Å²) in [7, 11) is 0. The molecule has 0 saturated carbocycles. The Balaban J connectivity index is 2.81. The molecule has 0 spiro atoms. The molecule has 0 bridgehead atoms. The minimum atomic E-state index is -0.531. The molecule has 0 N–H and O–H groups in total. The molecular weight excluding hydrogens is 218 g/mol. The Kier molecular flexibility index (Phi) is 3.96. The van der Waals surface area contributed by atoms with Gasteiger partial charge in [-0.1, -0.05) is 11.6 Å². The monoisotopic (exact) mass is 239 g/mol. The summed E-state index contributed by atoms with van der Waals surface area (Å²) >= 11 is 0. The Labute approximate surface area is 103 Å². The normalized spacial score (nSPS) is 23.0. The van der Waals surface area contributed by atoms with Crippen molar-refractivity contribution in [3.63, 3.8) is 0 Å². The Bertz CT molecular complexity index is 352. The maximum atomic E-state index is 12.0. The third kappa shape index (κ3) is 3.58. The molecule has 1 saturated heterocycles. The highest BCUT2D eigenvalue weighted by atomic mass is 16.6. The summed E-state index contributed by atoms with van der Waals surface area (Å²) in [6.45, 7) is 9.39. The van der Waals surface area contributed by atoms with Gasteiger partial charge >= 0.3 is 6.09 Å². The Morgan fingerprint density at radius 2 is 2.00 bits per heavy atom. The minimum absolute atomic E-state index is 0.00714. The average molecular weight is 239 g/mol. The summed E-state index contributed by atoms with van der Waals surface area (Å²) in [5, 5.41) is 0. The van der Waals surface area contributed by atoms with Crippen LogP contribution in [-0.2, 0) is 9.53 Å². The second kappa shape index (κ2) is 4.90. The standard InChI is InChI=1S/C13H21NO3/c1-6-10-7-11(9(2)15)14(8-10)12(16)17-13(3,4)5/h6,11H,7-8H2,1-5H3/t11-/m0/s1. The van der Waals surface area contributed by atoms with Crippen molar-refractivity contribution in [2.24, 2.45) is 0 Å². The summed E-state index contributed by atoms with van der Waals surface area (Å²) in [5.41, 5.74) is 0.577. The number of amides is 1. The van der Waals surface area contributed by atoms with Crippen LogP contribution in [0.1, 0.15) is 41.0 Å². The van der Waals surface area contributed by atoms with Gasteiger partial charge in [-0.15, -0.1) is 0 Å². The van der Waals surface area contributed by atoms with Gasteiger partial charge in [0, 0.05) is 6.54 Å². The van der Waals surface area contributed by atoms with Gasteiger partial charge in [0.05, 0.1) is 6.04 Å². The molecular formula is C13H21NO3. The Hall–Kier alpha value is -1.32. The van der Waals surface area contributed by atoms with E-state index >= 15 is 0 Å². The molecule has 1 heterocycles. The number of allylic oxidation sites excluding steroid dienone is 1. The fourth-order valence-corrected chi connectivity index (χ4v) is 1.84. The zero-order valence-corrected chi connectivity index (χ0v) is 11.2. The smallest absolute Gasteiger partial charge is 0.411 e. The largest absolute Gasteiger partial charge is 0.444 e. The van der Waals surface area contributed by atoms with E-state index in [9.17, 15) is 9.59 Å². The quantitative estimate of drug-likeness (QED) is 0.660. The summed E-state index contributed by atoms with van der Waals surface area (Å²) in [6, 6.07) is -0.365. The van der Waals surface area contributed by atoms with Crippen LogP contribution in [0.5, 0.6) is 0 Å². The van der Waals surface area contributed by atoms with Crippen molar-refractivity contribution in [1.82, 2.24) is 4.90 Å². The first-order chi connectivity index (χ1) is 7.74. The molecule has 1 amide bonds. The van der Waals surface area contributed by atoms with Gasteiger partial charge < -0.3 is 4.74 Å². The van der Waals surface area contributed by atoms with Gasteiger partial charge in [-0.25, -0.2) is 4.79 Å². The fourth-order valence-electron chi connectivity index (χ4n) is 1.84. The summed E-state index contributed by atoms with van der Waals surface area (Å²) in [6.07, 6.45) is 2.18. The molecule has 0 unspecified atom stereocenters. The van der Waals surface area contributed by atoms with Gasteiger partial charge in [-0.3, -0.25) is 9.69 Å². The SMILES string of the molecule is CC=C1C[C@@H](C(C)=O)N(C(=O)OC(C)(C)C)C1. The lowest BCUT2D eigenvalue weighted by atomic mass is 10.1. The first-order valence-corrected chi connectivity index (χ1v) is 5.88. The third-order valence-corrected chi connectivity index (χ3v) is 2.71. The van der Waals surface area contributed by atoms with E-state index in [4.69, 9.17) is 4.74 Å². The molecule has 1 rings (SSSR count). The van der Waals surface area contributed by atoms with E-state index in [1.54, 1.807) is 0 Å².